The largest absolute Gasteiger partial charge is 0.505 e. The van der Waals surface area contributed by atoms with Crippen molar-refractivity contribution < 1.29 is 24.2 Å². The van der Waals surface area contributed by atoms with E-state index in [2.05, 4.69) is 10.6 Å². The molecule has 0 saturated heterocycles. The van der Waals surface area contributed by atoms with E-state index in [0.717, 1.165) is 5.39 Å². The molecule has 0 aliphatic carbocycles. The normalized spacial score (nSPS) is 10.2. The average Bonchev–Trinajstić information content (AvgIpc) is 2.93. The van der Waals surface area contributed by atoms with Gasteiger partial charge < -0.3 is 36.7 Å². The molecule has 4 rings (SSSR count). The second kappa shape index (κ2) is 13.6. The lowest BCUT2D eigenvalue weighted by Crippen LogP contribution is -2.22. The third-order valence-corrected chi connectivity index (χ3v) is 5.65. The minimum Gasteiger partial charge on any atom is -0.505 e. The van der Waals surface area contributed by atoms with E-state index in [1.807, 2.05) is 45.0 Å². The van der Waals surface area contributed by atoms with Gasteiger partial charge in [0.2, 0.25) is 0 Å². The van der Waals surface area contributed by atoms with E-state index in [1.165, 1.54) is 0 Å². The summed E-state index contributed by atoms with van der Waals surface area (Å²) in [4.78, 5) is 24.1. The number of anilines is 3. The van der Waals surface area contributed by atoms with Crippen molar-refractivity contribution in [3.05, 3.63) is 83.9 Å². The number of ether oxygens (including phenoxy) is 2. The number of nitrogen functional groups attached to an aromatic ring is 2. The molecule has 4 aromatic rings. The third-order valence-electron chi connectivity index (χ3n) is 5.65. The topological polar surface area (TPSA) is 149 Å². The summed E-state index contributed by atoms with van der Waals surface area (Å²) in [5.41, 5.74) is 13.6. The fraction of sp³-hybridized carbons (Fsp3) is 0.200. The van der Waals surface area contributed by atoms with E-state index in [1.54, 1.807) is 48.5 Å². The SMILES string of the molecule is CCNC(=O)c1ccc(OCC)c(N)c1.CCOc1ccccc1NC(=O)c1cc2ccccc2c(N)c1O. The van der Waals surface area contributed by atoms with Crippen LogP contribution in [0, 0.1) is 0 Å². The number of carbonyl (C=O) groups is 2. The molecule has 0 aliphatic rings. The highest BCUT2D eigenvalue weighted by atomic mass is 16.5. The number of phenolic OH excluding ortho intramolecular Hbond substituents is 1. The van der Waals surface area contributed by atoms with E-state index < -0.39 is 5.91 Å². The van der Waals surface area contributed by atoms with Gasteiger partial charge in [0, 0.05) is 17.5 Å². The van der Waals surface area contributed by atoms with Crippen LogP contribution in [0.2, 0.25) is 0 Å². The summed E-state index contributed by atoms with van der Waals surface area (Å²) in [5.74, 6) is 0.400. The Labute approximate surface area is 227 Å². The van der Waals surface area contributed by atoms with Crippen LogP contribution < -0.4 is 31.6 Å². The van der Waals surface area contributed by atoms with Crippen molar-refractivity contribution >= 4 is 39.6 Å². The van der Waals surface area contributed by atoms with Crippen molar-refractivity contribution in [3.8, 4) is 17.2 Å². The molecule has 0 aromatic heterocycles. The number of hydrogen-bond acceptors (Lipinski definition) is 7. The van der Waals surface area contributed by atoms with E-state index in [0.29, 0.717) is 53.6 Å². The van der Waals surface area contributed by atoms with Gasteiger partial charge in [-0.3, -0.25) is 9.59 Å². The molecule has 0 heterocycles. The molecule has 4 aromatic carbocycles. The number of nitrogens with two attached hydrogens (primary N) is 2. The summed E-state index contributed by atoms with van der Waals surface area (Å²) >= 11 is 0. The quantitative estimate of drug-likeness (QED) is 0.155. The molecule has 39 heavy (non-hydrogen) atoms. The second-order valence-electron chi connectivity index (χ2n) is 8.34. The van der Waals surface area contributed by atoms with Crippen molar-refractivity contribution in [1.82, 2.24) is 5.32 Å². The monoisotopic (exact) mass is 530 g/mol. The fourth-order valence-corrected chi connectivity index (χ4v) is 3.82. The van der Waals surface area contributed by atoms with Crippen LogP contribution in [0.3, 0.4) is 0 Å². The highest BCUT2D eigenvalue weighted by Crippen LogP contribution is 2.34. The highest BCUT2D eigenvalue weighted by Gasteiger charge is 2.18. The van der Waals surface area contributed by atoms with Gasteiger partial charge in [-0.2, -0.15) is 0 Å². The van der Waals surface area contributed by atoms with Gasteiger partial charge in [0.1, 0.15) is 11.5 Å². The van der Waals surface area contributed by atoms with E-state index >= 15 is 0 Å². The minimum absolute atomic E-state index is 0.118. The summed E-state index contributed by atoms with van der Waals surface area (Å²) in [6.45, 7) is 7.28. The number of para-hydroxylation sites is 2. The number of phenols is 1. The number of hydrogen-bond donors (Lipinski definition) is 5. The summed E-state index contributed by atoms with van der Waals surface area (Å²) < 4.78 is 10.8. The first-order valence-corrected chi connectivity index (χ1v) is 12.6. The summed E-state index contributed by atoms with van der Waals surface area (Å²) in [6.07, 6.45) is 0. The molecule has 0 unspecified atom stereocenters. The molecule has 0 bridgehead atoms. The van der Waals surface area contributed by atoms with Crippen LogP contribution >= 0.6 is 0 Å². The van der Waals surface area contributed by atoms with Crippen LogP contribution in [0.15, 0.2) is 72.8 Å². The Kier molecular flexibility index (Phi) is 9.97. The zero-order valence-electron chi connectivity index (χ0n) is 22.3. The number of rotatable bonds is 8. The van der Waals surface area contributed by atoms with Crippen molar-refractivity contribution in [2.45, 2.75) is 20.8 Å². The Morgan fingerprint density at radius 1 is 0.821 bits per heavy atom. The Morgan fingerprint density at radius 3 is 2.18 bits per heavy atom. The maximum Gasteiger partial charge on any atom is 0.259 e. The predicted molar refractivity (Wildman–Crippen MR) is 156 cm³/mol. The van der Waals surface area contributed by atoms with E-state index in [9.17, 15) is 14.7 Å². The number of fused-ring (bicyclic) bond motifs is 1. The van der Waals surface area contributed by atoms with Crippen LogP contribution in [0.1, 0.15) is 41.5 Å². The van der Waals surface area contributed by atoms with Gasteiger partial charge in [-0.25, -0.2) is 0 Å². The number of amides is 2. The van der Waals surface area contributed by atoms with Crippen LogP contribution in [0.25, 0.3) is 10.8 Å². The molecule has 9 nitrogen and oxygen atoms in total. The molecular weight excluding hydrogens is 496 g/mol. The molecule has 0 saturated carbocycles. The lowest BCUT2D eigenvalue weighted by Gasteiger charge is -2.13. The highest BCUT2D eigenvalue weighted by molar-refractivity contribution is 6.12. The van der Waals surface area contributed by atoms with Crippen LogP contribution in [0.4, 0.5) is 17.1 Å². The molecular formula is C30H34N4O5. The van der Waals surface area contributed by atoms with Gasteiger partial charge in [-0.1, -0.05) is 36.4 Å². The number of nitrogens with one attached hydrogen (secondary N) is 2. The zero-order valence-corrected chi connectivity index (χ0v) is 22.3. The first-order valence-electron chi connectivity index (χ1n) is 12.6. The van der Waals surface area contributed by atoms with Gasteiger partial charge in [-0.05, 0) is 62.6 Å². The van der Waals surface area contributed by atoms with Crippen molar-refractivity contribution in [2.24, 2.45) is 0 Å². The van der Waals surface area contributed by atoms with E-state index in [4.69, 9.17) is 20.9 Å². The predicted octanol–water partition coefficient (Wildman–Crippen LogP) is 5.20. The smallest absolute Gasteiger partial charge is 0.259 e. The Bertz CT molecular complexity index is 1450. The van der Waals surface area contributed by atoms with Gasteiger partial charge >= 0.3 is 0 Å². The molecule has 204 valence electrons. The van der Waals surface area contributed by atoms with Crippen molar-refractivity contribution in [3.63, 3.8) is 0 Å². The second-order valence-corrected chi connectivity index (χ2v) is 8.34. The Morgan fingerprint density at radius 2 is 1.49 bits per heavy atom. The number of carbonyl (C=O) groups excluding carboxylic acids is 2. The Hall–Kier alpha value is -4.92. The number of aromatic hydroxyl groups is 1. The average molecular weight is 531 g/mol. The first kappa shape index (κ1) is 28.6. The summed E-state index contributed by atoms with van der Waals surface area (Å²) in [7, 11) is 0. The summed E-state index contributed by atoms with van der Waals surface area (Å²) in [6, 6.07) is 21.1. The van der Waals surface area contributed by atoms with Crippen LogP contribution in [-0.4, -0.2) is 36.7 Å². The van der Waals surface area contributed by atoms with Crippen molar-refractivity contribution in [2.75, 3.05) is 36.5 Å². The molecule has 7 N–H and O–H groups in total. The van der Waals surface area contributed by atoms with E-state index in [-0.39, 0.29) is 22.9 Å². The first-order chi connectivity index (χ1) is 18.8. The molecule has 0 fully saturated rings. The van der Waals surface area contributed by atoms with Crippen molar-refractivity contribution in [1.29, 1.82) is 0 Å². The maximum atomic E-state index is 12.6. The lowest BCUT2D eigenvalue weighted by atomic mass is 10.0. The standard InChI is InChI=1S/C19H18N2O3.C11H16N2O2/c1-2-24-16-10-6-5-9-15(16)21-19(23)14-11-12-7-3-4-8-13(12)17(20)18(14)22;1-3-13-11(14)8-5-6-10(15-4-2)9(12)7-8/h3-11,22H,2,20H2,1H3,(H,21,23);5-7H,3-4,12H2,1-2H3,(H,13,14). The van der Waals surface area contributed by atoms with Crippen LogP contribution in [0.5, 0.6) is 17.2 Å². The molecule has 0 spiro atoms. The summed E-state index contributed by atoms with van der Waals surface area (Å²) in [5, 5.41) is 17.3. The fourth-order valence-electron chi connectivity index (χ4n) is 3.82. The van der Waals surface area contributed by atoms with Gasteiger partial charge in [0.25, 0.3) is 11.8 Å². The van der Waals surface area contributed by atoms with Crippen LogP contribution in [-0.2, 0) is 0 Å². The van der Waals surface area contributed by atoms with Gasteiger partial charge in [0.05, 0.1) is 35.8 Å². The molecule has 2 amide bonds. The maximum absolute atomic E-state index is 12.6. The van der Waals surface area contributed by atoms with Gasteiger partial charge in [-0.15, -0.1) is 0 Å². The molecule has 0 radical (unpaired) electrons. The minimum atomic E-state index is -0.447. The molecule has 9 heteroatoms. The zero-order chi connectivity index (χ0) is 28.4. The Balaban J connectivity index is 0.000000242. The van der Waals surface area contributed by atoms with Gasteiger partial charge in [0.15, 0.2) is 5.75 Å². The third kappa shape index (κ3) is 7.10. The lowest BCUT2D eigenvalue weighted by molar-refractivity contribution is 0.0954. The molecule has 0 aliphatic heterocycles. The molecule has 0 atom stereocenters. The number of benzene rings is 4.